The quantitative estimate of drug-likeness (QED) is 0.780. The Balaban J connectivity index is 1.98. The number of rotatable bonds is 4. The monoisotopic (exact) mass is 219 g/mol. The number of aromatic nitrogens is 3. The van der Waals surface area contributed by atoms with Crippen molar-refractivity contribution in [2.45, 2.75) is 31.7 Å². The molecule has 1 saturated heterocycles. The van der Waals surface area contributed by atoms with Crippen LogP contribution in [0.1, 0.15) is 25.7 Å². The molecule has 1 fully saturated rings. The van der Waals surface area contributed by atoms with Crippen LogP contribution >= 0.6 is 0 Å². The summed E-state index contributed by atoms with van der Waals surface area (Å²) in [6, 6.07) is 2.34. The molecule has 5 heteroatoms. The van der Waals surface area contributed by atoms with Crippen LogP contribution in [-0.4, -0.2) is 33.0 Å². The number of hydrazine groups is 1. The second kappa shape index (κ2) is 5.55. The Bertz CT molecular complexity index is 326. The third-order valence-electron chi connectivity index (χ3n) is 2.83. The van der Waals surface area contributed by atoms with Crippen molar-refractivity contribution in [3.05, 3.63) is 24.9 Å². The molecule has 16 heavy (non-hydrogen) atoms. The molecule has 1 atom stereocenters. The second-order valence-corrected chi connectivity index (χ2v) is 3.99. The molecule has 1 unspecified atom stereocenters. The lowest BCUT2D eigenvalue weighted by molar-refractivity contribution is 0.183. The van der Waals surface area contributed by atoms with Gasteiger partial charge in [0, 0.05) is 18.7 Å². The van der Waals surface area contributed by atoms with Gasteiger partial charge in [0.25, 0.3) is 0 Å². The zero-order chi connectivity index (χ0) is 11.2. The fourth-order valence-corrected chi connectivity index (χ4v) is 2.03. The Hall–Kier alpha value is -1.49. The molecular weight excluding hydrogens is 202 g/mol. The van der Waals surface area contributed by atoms with Gasteiger partial charge >= 0.3 is 0 Å². The van der Waals surface area contributed by atoms with Crippen LogP contribution < -0.4 is 5.43 Å². The van der Waals surface area contributed by atoms with E-state index in [0.717, 1.165) is 18.8 Å². The minimum atomic E-state index is 0.515. The second-order valence-electron chi connectivity index (χ2n) is 3.99. The third-order valence-corrected chi connectivity index (χ3v) is 2.83. The molecule has 0 bridgehead atoms. The molecule has 0 spiro atoms. The van der Waals surface area contributed by atoms with Crippen molar-refractivity contribution in [1.82, 2.24) is 20.4 Å². The molecule has 1 aliphatic heterocycles. The van der Waals surface area contributed by atoms with Gasteiger partial charge in [-0.15, -0.1) is 16.8 Å². The molecule has 2 rings (SSSR count). The normalized spacial score (nSPS) is 21.6. The molecule has 1 N–H and O–H groups in total. The molecule has 5 nitrogen and oxygen atoms in total. The minimum Gasteiger partial charge on any atom is -0.301 e. The highest BCUT2D eigenvalue weighted by atomic mass is 15.5. The van der Waals surface area contributed by atoms with Gasteiger partial charge in [0.1, 0.15) is 0 Å². The Labute approximate surface area is 95.5 Å². The lowest BCUT2D eigenvalue weighted by atomic mass is 10.0. The number of nitrogens with zero attached hydrogens (tertiary/aromatic N) is 4. The Morgan fingerprint density at radius 2 is 2.50 bits per heavy atom. The molecule has 1 aliphatic rings. The standard InChI is InChI=1S/C11H17N5/c1-2-5-10-6-3-4-9-16(10)14-11-7-8-12-15-13-11/h2,7-8,10H,1,3-6,9H2,(H,12,13,14). The van der Waals surface area contributed by atoms with E-state index < -0.39 is 0 Å². The third kappa shape index (κ3) is 2.76. The van der Waals surface area contributed by atoms with Crippen molar-refractivity contribution in [2.75, 3.05) is 12.0 Å². The first-order chi connectivity index (χ1) is 7.90. The molecule has 86 valence electrons. The molecule has 1 aromatic rings. The van der Waals surface area contributed by atoms with Crippen LogP contribution in [0, 0.1) is 0 Å². The number of hydrogen-bond acceptors (Lipinski definition) is 5. The van der Waals surface area contributed by atoms with Crippen molar-refractivity contribution < 1.29 is 0 Å². The highest BCUT2D eigenvalue weighted by Gasteiger charge is 2.21. The van der Waals surface area contributed by atoms with E-state index in [0.29, 0.717) is 6.04 Å². The zero-order valence-electron chi connectivity index (χ0n) is 9.34. The summed E-state index contributed by atoms with van der Waals surface area (Å²) in [5, 5.41) is 13.4. The van der Waals surface area contributed by atoms with Crippen LogP contribution in [-0.2, 0) is 0 Å². The molecule has 0 saturated carbocycles. The fourth-order valence-electron chi connectivity index (χ4n) is 2.03. The van der Waals surface area contributed by atoms with Crippen LogP contribution in [0.4, 0.5) is 5.82 Å². The summed E-state index contributed by atoms with van der Waals surface area (Å²) in [6.45, 7) is 4.85. The first kappa shape index (κ1) is 11.0. The summed E-state index contributed by atoms with van der Waals surface area (Å²) in [6.07, 6.45) is 8.34. The SMILES string of the molecule is C=CCC1CCCCN1Nc1ccnnn1. The van der Waals surface area contributed by atoms with Crippen LogP contribution in [0.3, 0.4) is 0 Å². The summed E-state index contributed by atoms with van der Waals surface area (Å²) in [5.41, 5.74) is 3.29. The van der Waals surface area contributed by atoms with Gasteiger partial charge < -0.3 is 5.43 Å². The van der Waals surface area contributed by atoms with Crippen LogP contribution in [0.5, 0.6) is 0 Å². The van der Waals surface area contributed by atoms with E-state index in [1.165, 1.54) is 19.3 Å². The molecular formula is C11H17N5. The number of nitrogens with one attached hydrogen (secondary N) is 1. The van der Waals surface area contributed by atoms with Gasteiger partial charge in [0.2, 0.25) is 0 Å². The van der Waals surface area contributed by atoms with E-state index in [9.17, 15) is 0 Å². The first-order valence-corrected chi connectivity index (χ1v) is 5.68. The van der Waals surface area contributed by atoms with Gasteiger partial charge in [0.05, 0.1) is 6.20 Å². The number of anilines is 1. The van der Waals surface area contributed by atoms with E-state index in [1.807, 2.05) is 12.1 Å². The largest absolute Gasteiger partial charge is 0.301 e. The lowest BCUT2D eigenvalue weighted by Gasteiger charge is -2.35. The Morgan fingerprint density at radius 1 is 1.56 bits per heavy atom. The first-order valence-electron chi connectivity index (χ1n) is 5.68. The number of piperidine rings is 1. The maximum atomic E-state index is 3.93. The molecule has 2 heterocycles. The van der Waals surface area contributed by atoms with Gasteiger partial charge in [-0.05, 0) is 24.5 Å². The molecule has 0 aromatic carbocycles. The lowest BCUT2D eigenvalue weighted by Crippen LogP contribution is -2.43. The maximum absolute atomic E-state index is 3.93. The molecule has 0 aliphatic carbocycles. The van der Waals surface area contributed by atoms with Crippen molar-refractivity contribution in [3.8, 4) is 0 Å². The topological polar surface area (TPSA) is 53.9 Å². The van der Waals surface area contributed by atoms with Crippen LogP contribution in [0.25, 0.3) is 0 Å². The Kier molecular flexibility index (Phi) is 3.82. The summed E-state index contributed by atoms with van der Waals surface area (Å²) in [5.74, 6) is 0.756. The van der Waals surface area contributed by atoms with Crippen molar-refractivity contribution >= 4 is 5.82 Å². The molecule has 1 aromatic heterocycles. The van der Waals surface area contributed by atoms with Gasteiger partial charge in [-0.25, -0.2) is 5.01 Å². The maximum Gasteiger partial charge on any atom is 0.166 e. The van der Waals surface area contributed by atoms with E-state index in [2.05, 4.69) is 32.4 Å². The van der Waals surface area contributed by atoms with Gasteiger partial charge in [-0.3, -0.25) is 0 Å². The average Bonchev–Trinajstić information content (AvgIpc) is 2.33. The van der Waals surface area contributed by atoms with E-state index in [1.54, 1.807) is 6.20 Å². The highest BCUT2D eigenvalue weighted by Crippen LogP contribution is 2.20. The predicted octanol–water partition coefficient (Wildman–Crippen LogP) is 1.63. The summed E-state index contributed by atoms with van der Waals surface area (Å²) >= 11 is 0. The molecule has 0 amide bonds. The van der Waals surface area contributed by atoms with Gasteiger partial charge in [-0.1, -0.05) is 12.5 Å². The smallest absolute Gasteiger partial charge is 0.166 e. The highest BCUT2D eigenvalue weighted by molar-refractivity contribution is 5.29. The molecule has 0 radical (unpaired) electrons. The van der Waals surface area contributed by atoms with Crippen LogP contribution in [0.2, 0.25) is 0 Å². The minimum absolute atomic E-state index is 0.515. The van der Waals surface area contributed by atoms with E-state index in [-0.39, 0.29) is 0 Å². The summed E-state index contributed by atoms with van der Waals surface area (Å²) in [4.78, 5) is 0. The van der Waals surface area contributed by atoms with Crippen LogP contribution in [0.15, 0.2) is 24.9 Å². The average molecular weight is 219 g/mol. The predicted molar refractivity (Wildman–Crippen MR) is 62.6 cm³/mol. The fraction of sp³-hybridized carbons (Fsp3) is 0.545. The van der Waals surface area contributed by atoms with Gasteiger partial charge in [0.15, 0.2) is 5.82 Å². The van der Waals surface area contributed by atoms with Crippen molar-refractivity contribution in [1.29, 1.82) is 0 Å². The number of hydrogen-bond donors (Lipinski definition) is 1. The Morgan fingerprint density at radius 3 is 3.25 bits per heavy atom. The summed E-state index contributed by atoms with van der Waals surface area (Å²) < 4.78 is 0. The van der Waals surface area contributed by atoms with Crippen molar-refractivity contribution in [2.24, 2.45) is 0 Å². The zero-order valence-corrected chi connectivity index (χ0v) is 9.34. The van der Waals surface area contributed by atoms with E-state index in [4.69, 9.17) is 0 Å². The van der Waals surface area contributed by atoms with Gasteiger partial charge in [-0.2, -0.15) is 0 Å². The van der Waals surface area contributed by atoms with Crippen molar-refractivity contribution in [3.63, 3.8) is 0 Å². The summed E-state index contributed by atoms with van der Waals surface area (Å²) in [7, 11) is 0. The van der Waals surface area contributed by atoms with E-state index >= 15 is 0 Å².